The summed E-state index contributed by atoms with van der Waals surface area (Å²) >= 11 is 5.90. The minimum Gasteiger partial charge on any atom is -0.306 e. The van der Waals surface area contributed by atoms with E-state index < -0.39 is 4.92 Å². The summed E-state index contributed by atoms with van der Waals surface area (Å²) in [5.41, 5.74) is 2.37. The Kier molecular flexibility index (Phi) is 4.06. The largest absolute Gasteiger partial charge is 0.306 e. The molecular formula is C13H9BrClN3O2. The van der Waals surface area contributed by atoms with Crippen molar-refractivity contribution in [3.8, 4) is 11.3 Å². The smallest absolute Gasteiger partial charge is 0.269 e. The Morgan fingerprint density at radius 3 is 2.55 bits per heavy atom. The number of nitrogens with zero attached hydrogens (tertiary/aromatic N) is 3. The van der Waals surface area contributed by atoms with E-state index in [2.05, 4.69) is 4.98 Å². The van der Waals surface area contributed by atoms with Gasteiger partial charge in [-0.3, -0.25) is 10.1 Å². The van der Waals surface area contributed by atoms with Crippen LogP contribution in [0, 0.1) is 10.1 Å². The first-order chi connectivity index (χ1) is 9.13. The number of nitro groups is 1. The van der Waals surface area contributed by atoms with Crippen LogP contribution in [0.2, 0.25) is 5.02 Å². The van der Waals surface area contributed by atoms with Crippen LogP contribution in [0.4, 0.5) is 5.69 Å². The van der Waals surface area contributed by atoms with Crippen molar-refractivity contribution in [2.75, 3.05) is 0 Å². The molecule has 0 bridgehead atoms. The standard InChI is InChI=1S/C13H8ClN3O2.BrH/c14-10-5-6-16-8-12(15-13(16)7-10)9-1-3-11(4-2-9)17(18)19;/h1-8H;1H. The van der Waals surface area contributed by atoms with Crippen LogP contribution in [0.3, 0.4) is 0 Å². The third-order valence-electron chi connectivity index (χ3n) is 2.80. The van der Waals surface area contributed by atoms with Crippen molar-refractivity contribution in [2.24, 2.45) is 0 Å². The quantitative estimate of drug-likeness (QED) is 0.513. The molecule has 2 heterocycles. The normalized spacial score (nSPS) is 10.2. The maximum absolute atomic E-state index is 10.6. The fourth-order valence-electron chi connectivity index (χ4n) is 1.85. The first kappa shape index (κ1) is 14.5. The molecular weight excluding hydrogens is 346 g/mol. The molecule has 102 valence electrons. The van der Waals surface area contributed by atoms with E-state index in [1.807, 2.05) is 16.8 Å². The van der Waals surface area contributed by atoms with E-state index >= 15 is 0 Å². The number of hydrogen-bond donors (Lipinski definition) is 0. The Morgan fingerprint density at radius 2 is 1.90 bits per heavy atom. The molecule has 0 saturated carbocycles. The van der Waals surface area contributed by atoms with Crippen molar-refractivity contribution >= 4 is 39.9 Å². The van der Waals surface area contributed by atoms with E-state index in [-0.39, 0.29) is 22.7 Å². The van der Waals surface area contributed by atoms with Crippen LogP contribution in [0.15, 0.2) is 48.8 Å². The zero-order valence-electron chi connectivity index (χ0n) is 10.1. The maximum Gasteiger partial charge on any atom is 0.269 e. The summed E-state index contributed by atoms with van der Waals surface area (Å²) in [7, 11) is 0. The summed E-state index contributed by atoms with van der Waals surface area (Å²) < 4.78 is 1.85. The molecule has 0 aliphatic carbocycles. The molecule has 0 saturated heterocycles. The molecule has 0 fully saturated rings. The van der Waals surface area contributed by atoms with E-state index in [0.29, 0.717) is 5.02 Å². The van der Waals surface area contributed by atoms with Gasteiger partial charge in [0, 0.05) is 41.2 Å². The van der Waals surface area contributed by atoms with Gasteiger partial charge >= 0.3 is 0 Å². The van der Waals surface area contributed by atoms with Gasteiger partial charge < -0.3 is 4.40 Å². The third-order valence-corrected chi connectivity index (χ3v) is 3.03. The van der Waals surface area contributed by atoms with Crippen LogP contribution in [-0.4, -0.2) is 14.3 Å². The molecule has 7 heteroatoms. The summed E-state index contributed by atoms with van der Waals surface area (Å²) in [5, 5.41) is 11.2. The van der Waals surface area contributed by atoms with Gasteiger partial charge in [0.2, 0.25) is 0 Å². The highest BCUT2D eigenvalue weighted by atomic mass is 79.9. The molecule has 5 nitrogen and oxygen atoms in total. The second-order valence-corrected chi connectivity index (χ2v) is 4.48. The first-order valence-electron chi connectivity index (χ1n) is 5.52. The van der Waals surface area contributed by atoms with Crippen LogP contribution >= 0.6 is 28.6 Å². The molecule has 0 N–H and O–H groups in total. The molecule has 0 atom stereocenters. The molecule has 2 aromatic heterocycles. The number of imidazole rings is 1. The Balaban J connectivity index is 0.00000147. The lowest BCUT2D eigenvalue weighted by molar-refractivity contribution is -0.384. The zero-order chi connectivity index (χ0) is 13.4. The lowest BCUT2D eigenvalue weighted by Gasteiger charge is -1.95. The van der Waals surface area contributed by atoms with Crippen molar-refractivity contribution in [1.82, 2.24) is 9.38 Å². The van der Waals surface area contributed by atoms with Gasteiger partial charge in [0.25, 0.3) is 5.69 Å². The van der Waals surface area contributed by atoms with Gasteiger partial charge in [-0.15, -0.1) is 17.0 Å². The van der Waals surface area contributed by atoms with Crippen LogP contribution in [0.1, 0.15) is 0 Å². The molecule has 20 heavy (non-hydrogen) atoms. The predicted octanol–water partition coefficient (Wildman–Crippen LogP) is 4.14. The van der Waals surface area contributed by atoms with Gasteiger partial charge in [0.15, 0.2) is 0 Å². The lowest BCUT2D eigenvalue weighted by Crippen LogP contribution is -1.87. The minimum absolute atomic E-state index is 0. The fourth-order valence-corrected chi connectivity index (χ4v) is 2.00. The number of pyridine rings is 1. The molecule has 3 aromatic rings. The monoisotopic (exact) mass is 353 g/mol. The Morgan fingerprint density at radius 1 is 1.20 bits per heavy atom. The third kappa shape index (κ3) is 2.66. The Hall–Kier alpha value is -1.92. The summed E-state index contributed by atoms with van der Waals surface area (Å²) in [6.07, 6.45) is 3.67. The maximum atomic E-state index is 10.6. The molecule has 0 radical (unpaired) electrons. The van der Waals surface area contributed by atoms with Crippen molar-refractivity contribution in [3.05, 3.63) is 63.9 Å². The average molecular weight is 355 g/mol. The molecule has 0 aliphatic rings. The topological polar surface area (TPSA) is 60.4 Å². The molecule has 1 aromatic carbocycles. The molecule has 0 aliphatic heterocycles. The molecule has 3 rings (SSSR count). The van der Waals surface area contributed by atoms with Gasteiger partial charge in [-0.25, -0.2) is 4.98 Å². The second-order valence-electron chi connectivity index (χ2n) is 4.04. The van der Waals surface area contributed by atoms with Gasteiger partial charge in [-0.05, 0) is 18.2 Å². The number of aromatic nitrogens is 2. The molecule has 0 amide bonds. The summed E-state index contributed by atoms with van der Waals surface area (Å²) in [5.74, 6) is 0. The van der Waals surface area contributed by atoms with Gasteiger partial charge in [-0.2, -0.15) is 0 Å². The number of benzene rings is 1. The van der Waals surface area contributed by atoms with Gasteiger partial charge in [0.05, 0.1) is 10.6 Å². The summed E-state index contributed by atoms with van der Waals surface area (Å²) in [6.45, 7) is 0. The zero-order valence-corrected chi connectivity index (χ0v) is 12.5. The second kappa shape index (κ2) is 5.60. The average Bonchev–Trinajstić information content (AvgIpc) is 2.81. The number of halogens is 2. The summed E-state index contributed by atoms with van der Waals surface area (Å²) in [6, 6.07) is 9.83. The van der Waals surface area contributed by atoms with Crippen LogP contribution in [0.5, 0.6) is 0 Å². The van der Waals surface area contributed by atoms with Crippen molar-refractivity contribution in [1.29, 1.82) is 0 Å². The first-order valence-corrected chi connectivity index (χ1v) is 5.90. The van der Waals surface area contributed by atoms with Crippen molar-refractivity contribution in [3.63, 3.8) is 0 Å². The highest BCUT2D eigenvalue weighted by molar-refractivity contribution is 8.93. The van der Waals surface area contributed by atoms with Crippen LogP contribution in [0.25, 0.3) is 16.9 Å². The SMILES string of the molecule is Br.O=[N+]([O-])c1ccc(-c2cn3ccc(Cl)cc3n2)cc1. The van der Waals surface area contributed by atoms with Crippen LogP contribution < -0.4 is 0 Å². The number of non-ortho nitro benzene ring substituents is 1. The highest BCUT2D eigenvalue weighted by Crippen LogP contribution is 2.23. The number of hydrogen-bond acceptors (Lipinski definition) is 3. The lowest BCUT2D eigenvalue weighted by atomic mass is 10.1. The van der Waals surface area contributed by atoms with E-state index in [1.165, 1.54) is 12.1 Å². The van der Waals surface area contributed by atoms with Gasteiger partial charge in [-0.1, -0.05) is 11.6 Å². The van der Waals surface area contributed by atoms with Crippen LogP contribution in [-0.2, 0) is 0 Å². The number of nitro benzene ring substituents is 1. The summed E-state index contributed by atoms with van der Waals surface area (Å²) in [4.78, 5) is 14.6. The fraction of sp³-hybridized carbons (Fsp3) is 0. The van der Waals surface area contributed by atoms with E-state index in [0.717, 1.165) is 16.9 Å². The highest BCUT2D eigenvalue weighted by Gasteiger charge is 2.08. The molecule has 0 unspecified atom stereocenters. The van der Waals surface area contributed by atoms with Crippen molar-refractivity contribution < 1.29 is 4.92 Å². The van der Waals surface area contributed by atoms with E-state index in [1.54, 1.807) is 24.3 Å². The van der Waals surface area contributed by atoms with Gasteiger partial charge in [0.1, 0.15) is 5.65 Å². The molecule has 0 spiro atoms. The number of fused-ring (bicyclic) bond motifs is 1. The Labute approximate surface area is 129 Å². The predicted molar refractivity (Wildman–Crippen MR) is 82.6 cm³/mol. The van der Waals surface area contributed by atoms with Crippen molar-refractivity contribution in [2.45, 2.75) is 0 Å². The van der Waals surface area contributed by atoms with E-state index in [4.69, 9.17) is 11.6 Å². The van der Waals surface area contributed by atoms with E-state index in [9.17, 15) is 10.1 Å². The minimum atomic E-state index is -0.423. The number of rotatable bonds is 2. The Bertz CT molecular complexity index is 771.